The Morgan fingerprint density at radius 1 is 1.23 bits per heavy atom. The lowest BCUT2D eigenvalue weighted by Crippen LogP contribution is -2.42. The molecular formula is C22H29N3O3S2. The number of nitrogens with one attached hydrogen (secondary N) is 1. The molecule has 1 fully saturated rings. The van der Waals surface area contributed by atoms with E-state index in [0.29, 0.717) is 32.5 Å². The Kier molecular flexibility index (Phi) is 8.18. The number of sulfonamides is 1. The van der Waals surface area contributed by atoms with Crippen LogP contribution < -0.4 is 5.32 Å². The third-order valence-electron chi connectivity index (χ3n) is 5.20. The van der Waals surface area contributed by atoms with Gasteiger partial charge in [0, 0.05) is 42.0 Å². The van der Waals surface area contributed by atoms with Crippen molar-refractivity contribution in [3.63, 3.8) is 0 Å². The number of carbonyl (C=O) groups excluding carboxylic acids is 1. The highest BCUT2D eigenvalue weighted by Crippen LogP contribution is 2.21. The zero-order chi connectivity index (χ0) is 21.4. The Morgan fingerprint density at radius 3 is 2.63 bits per heavy atom. The van der Waals surface area contributed by atoms with E-state index in [1.807, 2.05) is 37.3 Å². The van der Waals surface area contributed by atoms with E-state index in [2.05, 4.69) is 15.7 Å². The first-order chi connectivity index (χ1) is 14.4. The molecule has 1 aromatic carbocycles. The van der Waals surface area contributed by atoms with Crippen molar-refractivity contribution >= 4 is 33.3 Å². The van der Waals surface area contributed by atoms with Crippen LogP contribution in [0.1, 0.15) is 41.9 Å². The highest BCUT2D eigenvalue weighted by atomic mass is 32.2. The Balaban J connectivity index is 1.36. The molecule has 1 amide bonds. The summed E-state index contributed by atoms with van der Waals surface area (Å²) in [5, 5.41) is 7.47. The summed E-state index contributed by atoms with van der Waals surface area (Å²) in [4.78, 5) is 16.8. The van der Waals surface area contributed by atoms with E-state index in [1.54, 1.807) is 17.4 Å². The molecule has 1 aromatic heterocycles. The summed E-state index contributed by atoms with van der Waals surface area (Å²) in [5.41, 5.74) is 1.91. The number of aryl methyl sites for hydroxylation is 2. The molecule has 0 atom stereocenters. The first kappa shape index (κ1) is 22.7. The van der Waals surface area contributed by atoms with Crippen LogP contribution in [0.25, 0.3) is 6.08 Å². The predicted octanol–water partition coefficient (Wildman–Crippen LogP) is 3.60. The van der Waals surface area contributed by atoms with Gasteiger partial charge in [0.2, 0.25) is 15.9 Å². The number of benzene rings is 1. The van der Waals surface area contributed by atoms with Gasteiger partial charge in [0.05, 0.1) is 5.01 Å². The maximum atomic E-state index is 12.5. The van der Waals surface area contributed by atoms with Gasteiger partial charge in [0.15, 0.2) is 0 Å². The molecular weight excluding hydrogens is 418 g/mol. The van der Waals surface area contributed by atoms with Crippen LogP contribution in [0.2, 0.25) is 0 Å². The first-order valence-corrected chi connectivity index (χ1v) is 12.7. The van der Waals surface area contributed by atoms with Crippen LogP contribution in [0.3, 0.4) is 0 Å². The second kappa shape index (κ2) is 10.8. The van der Waals surface area contributed by atoms with E-state index in [0.717, 1.165) is 35.5 Å². The van der Waals surface area contributed by atoms with E-state index >= 15 is 0 Å². The average molecular weight is 448 g/mol. The standard InChI is InChI=1S/C22H29N3O3S2/c1-18-17-29-21(24-18)9-5-6-13-23-22(26)20-10-14-25(15-11-20)30(27,28)16-12-19-7-3-2-4-8-19/h2-4,7-8,12,16-17,20H,5-6,9-11,13-15H2,1H3,(H,23,26)/b16-12+. The molecule has 0 radical (unpaired) electrons. The number of piperidine rings is 1. The van der Waals surface area contributed by atoms with Gasteiger partial charge in [0.1, 0.15) is 0 Å². The van der Waals surface area contributed by atoms with Crippen LogP contribution in [0.15, 0.2) is 41.1 Å². The molecule has 0 saturated carbocycles. The third-order valence-corrected chi connectivity index (χ3v) is 7.79. The largest absolute Gasteiger partial charge is 0.356 e. The second-order valence-corrected chi connectivity index (χ2v) is 10.3. The molecule has 1 aliphatic rings. The molecule has 2 heterocycles. The summed E-state index contributed by atoms with van der Waals surface area (Å²) in [6.45, 7) is 3.41. The zero-order valence-electron chi connectivity index (χ0n) is 17.3. The molecule has 3 rings (SSSR count). The molecule has 6 nitrogen and oxygen atoms in total. The molecule has 1 saturated heterocycles. The lowest BCUT2D eigenvalue weighted by Gasteiger charge is -2.29. The van der Waals surface area contributed by atoms with Gasteiger partial charge >= 0.3 is 0 Å². The minimum atomic E-state index is -3.46. The Morgan fingerprint density at radius 2 is 1.97 bits per heavy atom. The summed E-state index contributed by atoms with van der Waals surface area (Å²) >= 11 is 1.68. The van der Waals surface area contributed by atoms with Gasteiger partial charge in [-0.05, 0) is 50.7 Å². The summed E-state index contributed by atoms with van der Waals surface area (Å²) in [7, 11) is -3.46. The fraction of sp³-hybridized carbons (Fsp3) is 0.455. The molecule has 2 aromatic rings. The number of aromatic nitrogens is 1. The first-order valence-electron chi connectivity index (χ1n) is 10.4. The van der Waals surface area contributed by atoms with E-state index in [4.69, 9.17) is 0 Å². The number of unbranched alkanes of at least 4 members (excludes halogenated alkanes) is 1. The van der Waals surface area contributed by atoms with Crippen molar-refractivity contribution < 1.29 is 13.2 Å². The van der Waals surface area contributed by atoms with Crippen LogP contribution >= 0.6 is 11.3 Å². The summed E-state index contributed by atoms with van der Waals surface area (Å²) < 4.78 is 26.5. The van der Waals surface area contributed by atoms with Crippen molar-refractivity contribution in [3.8, 4) is 0 Å². The maximum Gasteiger partial charge on any atom is 0.236 e. The van der Waals surface area contributed by atoms with Crippen molar-refractivity contribution in [1.82, 2.24) is 14.6 Å². The van der Waals surface area contributed by atoms with Gasteiger partial charge in [-0.3, -0.25) is 4.79 Å². The molecule has 0 bridgehead atoms. The van der Waals surface area contributed by atoms with Gasteiger partial charge in [-0.15, -0.1) is 11.3 Å². The predicted molar refractivity (Wildman–Crippen MR) is 121 cm³/mol. The third kappa shape index (κ3) is 6.75. The molecule has 1 aliphatic heterocycles. The number of rotatable bonds is 9. The quantitative estimate of drug-likeness (QED) is 0.596. The smallest absolute Gasteiger partial charge is 0.236 e. The Labute approximate surface area is 183 Å². The SMILES string of the molecule is Cc1csc(CCCCNC(=O)C2CCN(S(=O)(=O)/C=C/c3ccccc3)CC2)n1. The van der Waals surface area contributed by atoms with E-state index in [-0.39, 0.29) is 11.8 Å². The lowest BCUT2D eigenvalue weighted by molar-refractivity contribution is -0.126. The number of hydrogen-bond donors (Lipinski definition) is 1. The van der Waals surface area contributed by atoms with E-state index in [9.17, 15) is 13.2 Å². The normalized spacial score (nSPS) is 16.2. The summed E-state index contributed by atoms with van der Waals surface area (Å²) in [6.07, 6.45) is 5.59. The monoisotopic (exact) mass is 447 g/mol. The maximum absolute atomic E-state index is 12.5. The van der Waals surface area contributed by atoms with Crippen LogP contribution in [-0.4, -0.2) is 43.2 Å². The fourth-order valence-corrected chi connectivity index (χ4v) is 5.50. The molecule has 0 spiro atoms. The van der Waals surface area contributed by atoms with Crippen molar-refractivity contribution in [1.29, 1.82) is 0 Å². The number of thiazole rings is 1. The minimum absolute atomic E-state index is 0.0389. The van der Waals surface area contributed by atoms with Gasteiger partial charge in [-0.25, -0.2) is 13.4 Å². The molecule has 162 valence electrons. The zero-order valence-corrected chi connectivity index (χ0v) is 18.9. The Bertz CT molecular complexity index is 947. The number of amides is 1. The molecule has 1 N–H and O–H groups in total. The van der Waals surface area contributed by atoms with E-state index < -0.39 is 10.0 Å². The summed E-state index contributed by atoms with van der Waals surface area (Å²) in [5.74, 6) is -0.0758. The van der Waals surface area contributed by atoms with Crippen LogP contribution in [0.5, 0.6) is 0 Å². The van der Waals surface area contributed by atoms with Crippen LogP contribution in [0.4, 0.5) is 0 Å². The van der Waals surface area contributed by atoms with Gasteiger partial charge < -0.3 is 5.32 Å². The highest BCUT2D eigenvalue weighted by Gasteiger charge is 2.29. The number of nitrogens with zero attached hydrogens (tertiary/aromatic N) is 2. The van der Waals surface area contributed by atoms with Crippen molar-refractivity contribution in [3.05, 3.63) is 57.4 Å². The van der Waals surface area contributed by atoms with Gasteiger partial charge in [-0.2, -0.15) is 4.31 Å². The molecule has 8 heteroatoms. The highest BCUT2D eigenvalue weighted by molar-refractivity contribution is 7.92. The fourth-order valence-electron chi connectivity index (χ4n) is 3.46. The van der Waals surface area contributed by atoms with E-state index in [1.165, 1.54) is 9.71 Å². The molecule has 0 unspecified atom stereocenters. The van der Waals surface area contributed by atoms with Crippen LogP contribution in [-0.2, 0) is 21.2 Å². The topological polar surface area (TPSA) is 79.4 Å². The van der Waals surface area contributed by atoms with Crippen molar-refractivity contribution in [2.45, 2.75) is 39.0 Å². The molecule has 0 aliphatic carbocycles. The van der Waals surface area contributed by atoms with Crippen molar-refractivity contribution in [2.75, 3.05) is 19.6 Å². The lowest BCUT2D eigenvalue weighted by atomic mass is 9.97. The Hall–Kier alpha value is -2.03. The second-order valence-electron chi connectivity index (χ2n) is 7.56. The van der Waals surface area contributed by atoms with Crippen LogP contribution in [0, 0.1) is 12.8 Å². The number of hydrogen-bond acceptors (Lipinski definition) is 5. The average Bonchev–Trinajstić information content (AvgIpc) is 3.18. The number of carbonyl (C=O) groups is 1. The minimum Gasteiger partial charge on any atom is -0.356 e. The summed E-state index contributed by atoms with van der Waals surface area (Å²) in [6, 6.07) is 9.36. The van der Waals surface area contributed by atoms with Gasteiger partial charge in [0.25, 0.3) is 0 Å². The van der Waals surface area contributed by atoms with Crippen molar-refractivity contribution in [2.24, 2.45) is 5.92 Å². The van der Waals surface area contributed by atoms with Gasteiger partial charge in [-0.1, -0.05) is 30.3 Å². The molecule has 30 heavy (non-hydrogen) atoms.